The van der Waals surface area contributed by atoms with Crippen LogP contribution in [0, 0.1) is 0 Å². The maximum atomic E-state index is 5.63. The van der Waals surface area contributed by atoms with Crippen LogP contribution in [-0.2, 0) is 17.8 Å². The van der Waals surface area contributed by atoms with E-state index in [1.807, 2.05) is 24.5 Å². The fourth-order valence-corrected chi connectivity index (χ4v) is 3.37. The van der Waals surface area contributed by atoms with Crippen LogP contribution < -0.4 is 11.1 Å². The molecule has 7 nitrogen and oxygen atoms in total. The van der Waals surface area contributed by atoms with Crippen LogP contribution in [0.1, 0.15) is 12.0 Å². The number of nitrogens with one attached hydrogen (secondary N) is 1. The summed E-state index contributed by atoms with van der Waals surface area (Å²) in [5.74, 6) is 0.610. The van der Waals surface area contributed by atoms with Gasteiger partial charge in [-0.15, -0.1) is 0 Å². The number of ether oxygens (including phenoxy) is 1. The third-order valence-corrected chi connectivity index (χ3v) is 4.80. The molecule has 4 rings (SSSR count). The number of morpholine rings is 1. The predicted molar refractivity (Wildman–Crippen MR) is 107 cm³/mol. The lowest BCUT2D eigenvalue weighted by molar-refractivity contribution is 0.0342. The van der Waals surface area contributed by atoms with E-state index in [0.29, 0.717) is 12.5 Å². The molecule has 0 radical (unpaired) electrons. The molecule has 1 saturated heterocycles. The quantitative estimate of drug-likeness (QED) is 0.668. The van der Waals surface area contributed by atoms with Crippen molar-refractivity contribution in [1.82, 2.24) is 19.4 Å². The lowest BCUT2D eigenvalue weighted by Crippen LogP contribution is -2.35. The van der Waals surface area contributed by atoms with E-state index >= 15 is 0 Å². The molecule has 27 heavy (non-hydrogen) atoms. The molecule has 0 atom stereocenters. The zero-order chi connectivity index (χ0) is 18.5. The molecule has 2 aromatic heterocycles. The Morgan fingerprint density at radius 3 is 2.93 bits per heavy atom. The van der Waals surface area contributed by atoms with Crippen LogP contribution in [0.15, 0.2) is 42.7 Å². The molecule has 0 amide bonds. The largest absolute Gasteiger partial charge is 0.379 e. The second kappa shape index (κ2) is 8.47. The van der Waals surface area contributed by atoms with Crippen molar-refractivity contribution in [3.05, 3.63) is 48.3 Å². The molecule has 1 aromatic carbocycles. The first-order chi connectivity index (χ1) is 13.3. The number of nitrogens with zero attached hydrogens (tertiary/aromatic N) is 4. The fraction of sp³-hybridized carbons (Fsp3) is 0.400. The summed E-state index contributed by atoms with van der Waals surface area (Å²) in [5, 5.41) is 4.38. The molecule has 0 unspecified atom stereocenters. The smallest absolute Gasteiger partial charge is 0.229 e. The minimum absolute atomic E-state index is 0.610. The van der Waals surface area contributed by atoms with Gasteiger partial charge in [0, 0.05) is 49.6 Å². The van der Waals surface area contributed by atoms with Gasteiger partial charge in [-0.05, 0) is 36.7 Å². The second-order valence-electron chi connectivity index (χ2n) is 6.84. The van der Waals surface area contributed by atoms with E-state index in [2.05, 4.69) is 38.0 Å². The van der Waals surface area contributed by atoms with Gasteiger partial charge in [0.25, 0.3) is 0 Å². The Hall–Kier alpha value is -2.48. The first-order valence-corrected chi connectivity index (χ1v) is 9.50. The number of anilines is 2. The van der Waals surface area contributed by atoms with Gasteiger partial charge >= 0.3 is 0 Å². The molecule has 3 aromatic rings. The lowest BCUT2D eigenvalue weighted by Gasteiger charge is -2.26. The van der Waals surface area contributed by atoms with Gasteiger partial charge in [0.15, 0.2) is 0 Å². The minimum Gasteiger partial charge on any atom is -0.379 e. The second-order valence-corrected chi connectivity index (χ2v) is 6.84. The van der Waals surface area contributed by atoms with Crippen LogP contribution in [0.25, 0.3) is 11.0 Å². The predicted octanol–water partition coefficient (Wildman–Crippen LogP) is 2.36. The van der Waals surface area contributed by atoms with Crippen LogP contribution in [0.2, 0.25) is 0 Å². The van der Waals surface area contributed by atoms with Crippen molar-refractivity contribution in [2.45, 2.75) is 19.5 Å². The summed E-state index contributed by atoms with van der Waals surface area (Å²) in [6, 6.07) is 10.5. The van der Waals surface area contributed by atoms with Crippen LogP contribution in [0.4, 0.5) is 11.6 Å². The summed E-state index contributed by atoms with van der Waals surface area (Å²) in [5.41, 5.74) is 8.84. The summed E-state index contributed by atoms with van der Waals surface area (Å²) in [6.45, 7) is 6.07. The van der Waals surface area contributed by atoms with Crippen molar-refractivity contribution >= 4 is 22.7 Å². The summed E-state index contributed by atoms with van der Waals surface area (Å²) in [4.78, 5) is 11.6. The average molecular weight is 366 g/mol. The Morgan fingerprint density at radius 1 is 1.19 bits per heavy atom. The molecule has 0 saturated carbocycles. The van der Waals surface area contributed by atoms with Crippen LogP contribution >= 0.6 is 0 Å². The van der Waals surface area contributed by atoms with E-state index in [1.165, 1.54) is 5.56 Å². The zero-order valence-electron chi connectivity index (χ0n) is 15.5. The van der Waals surface area contributed by atoms with Crippen LogP contribution in [-0.4, -0.2) is 52.3 Å². The van der Waals surface area contributed by atoms with E-state index in [0.717, 1.165) is 62.5 Å². The highest BCUT2D eigenvalue weighted by atomic mass is 16.5. The SMILES string of the molecule is NCCCn1ccc2cnc(Nc3cccc(CN4CCOCC4)c3)nc21. The Labute approximate surface area is 159 Å². The van der Waals surface area contributed by atoms with Crippen molar-refractivity contribution in [1.29, 1.82) is 0 Å². The van der Waals surface area contributed by atoms with Crippen molar-refractivity contribution in [2.24, 2.45) is 5.73 Å². The molecule has 3 heterocycles. The lowest BCUT2D eigenvalue weighted by atomic mass is 10.2. The third-order valence-electron chi connectivity index (χ3n) is 4.80. The Kier molecular flexibility index (Phi) is 5.62. The van der Waals surface area contributed by atoms with Crippen molar-refractivity contribution in [2.75, 3.05) is 38.2 Å². The number of benzene rings is 1. The maximum Gasteiger partial charge on any atom is 0.229 e. The summed E-state index contributed by atoms with van der Waals surface area (Å²) >= 11 is 0. The van der Waals surface area contributed by atoms with Crippen molar-refractivity contribution in [3.63, 3.8) is 0 Å². The Morgan fingerprint density at radius 2 is 2.07 bits per heavy atom. The monoisotopic (exact) mass is 366 g/mol. The van der Waals surface area contributed by atoms with Crippen molar-refractivity contribution < 1.29 is 4.74 Å². The molecule has 1 aliphatic heterocycles. The minimum atomic E-state index is 0.610. The zero-order valence-corrected chi connectivity index (χ0v) is 15.5. The molecular formula is C20H26N6O. The Bertz CT molecular complexity index is 887. The topological polar surface area (TPSA) is 81.2 Å². The van der Waals surface area contributed by atoms with E-state index < -0.39 is 0 Å². The molecular weight excluding hydrogens is 340 g/mol. The molecule has 1 aliphatic rings. The van der Waals surface area contributed by atoms with Gasteiger partial charge in [-0.25, -0.2) is 4.98 Å². The summed E-state index contributed by atoms with van der Waals surface area (Å²) in [7, 11) is 0. The third kappa shape index (κ3) is 4.44. The molecule has 3 N–H and O–H groups in total. The number of hydrogen-bond donors (Lipinski definition) is 2. The van der Waals surface area contributed by atoms with Gasteiger partial charge in [-0.1, -0.05) is 12.1 Å². The first kappa shape index (κ1) is 17.9. The van der Waals surface area contributed by atoms with Gasteiger partial charge in [-0.2, -0.15) is 4.98 Å². The molecule has 142 valence electrons. The number of nitrogens with two attached hydrogens (primary N) is 1. The van der Waals surface area contributed by atoms with E-state index in [-0.39, 0.29) is 0 Å². The Balaban J connectivity index is 1.48. The van der Waals surface area contributed by atoms with Gasteiger partial charge in [-0.3, -0.25) is 4.90 Å². The van der Waals surface area contributed by atoms with Gasteiger partial charge in [0.2, 0.25) is 5.95 Å². The molecule has 7 heteroatoms. The number of rotatable bonds is 7. The highest BCUT2D eigenvalue weighted by molar-refractivity contribution is 5.76. The standard InChI is InChI=1S/C20H26N6O/c21-6-2-7-26-8-5-17-14-22-20(24-19(17)26)23-18-4-1-3-16(13-18)15-25-9-11-27-12-10-25/h1,3-5,8,13-14H,2,6-7,9-12,15,21H2,(H,22,23,24). The molecule has 0 aliphatic carbocycles. The van der Waals surface area contributed by atoms with Crippen LogP contribution in [0.5, 0.6) is 0 Å². The van der Waals surface area contributed by atoms with Crippen LogP contribution in [0.3, 0.4) is 0 Å². The number of hydrogen-bond acceptors (Lipinski definition) is 6. The number of aryl methyl sites for hydroxylation is 1. The fourth-order valence-electron chi connectivity index (χ4n) is 3.37. The highest BCUT2D eigenvalue weighted by Gasteiger charge is 2.11. The summed E-state index contributed by atoms with van der Waals surface area (Å²) < 4.78 is 7.55. The molecule has 0 spiro atoms. The highest BCUT2D eigenvalue weighted by Crippen LogP contribution is 2.19. The maximum absolute atomic E-state index is 5.63. The molecule has 0 bridgehead atoms. The number of aromatic nitrogens is 3. The van der Waals surface area contributed by atoms with E-state index in [9.17, 15) is 0 Å². The summed E-state index contributed by atoms with van der Waals surface area (Å²) in [6.07, 6.45) is 4.84. The van der Waals surface area contributed by atoms with Gasteiger partial charge in [0.1, 0.15) is 5.65 Å². The van der Waals surface area contributed by atoms with E-state index in [1.54, 1.807) is 0 Å². The number of fused-ring (bicyclic) bond motifs is 1. The van der Waals surface area contributed by atoms with E-state index in [4.69, 9.17) is 15.5 Å². The first-order valence-electron chi connectivity index (χ1n) is 9.50. The average Bonchev–Trinajstić information content (AvgIpc) is 3.10. The normalized spacial score (nSPS) is 15.3. The van der Waals surface area contributed by atoms with Crippen molar-refractivity contribution in [3.8, 4) is 0 Å². The van der Waals surface area contributed by atoms with Gasteiger partial charge in [0.05, 0.1) is 13.2 Å². The molecule has 1 fully saturated rings. The van der Waals surface area contributed by atoms with Gasteiger partial charge < -0.3 is 20.4 Å².